The van der Waals surface area contributed by atoms with Crippen LogP contribution in [0, 0.1) is 13.8 Å². The van der Waals surface area contributed by atoms with Crippen LogP contribution in [0.1, 0.15) is 11.4 Å². The Kier molecular flexibility index (Phi) is 3.90. The van der Waals surface area contributed by atoms with Crippen LogP contribution in [-0.2, 0) is 0 Å². The Morgan fingerprint density at radius 1 is 1.16 bits per heavy atom. The maximum absolute atomic E-state index is 6.17. The molecule has 2 rings (SSSR count). The van der Waals surface area contributed by atoms with Gasteiger partial charge in [-0.3, -0.25) is 0 Å². The van der Waals surface area contributed by atoms with Crippen molar-refractivity contribution in [3.8, 4) is 5.75 Å². The molecule has 1 aromatic heterocycles. The quantitative estimate of drug-likeness (QED) is 0.860. The second-order valence-corrected chi connectivity index (χ2v) is 4.63. The van der Waals surface area contributed by atoms with Gasteiger partial charge in [0.2, 0.25) is 0 Å². The van der Waals surface area contributed by atoms with Gasteiger partial charge in [-0.2, -0.15) is 0 Å². The predicted octanol–water partition coefficient (Wildman–Crippen LogP) is 3.52. The fraction of sp³-hybridized carbons (Fsp3) is 0.286. The second-order valence-electron chi connectivity index (χ2n) is 4.27. The van der Waals surface area contributed by atoms with Crippen molar-refractivity contribution in [2.24, 2.45) is 0 Å². The fourth-order valence-corrected chi connectivity index (χ4v) is 2.01. The molecule has 100 valence electrons. The van der Waals surface area contributed by atoms with Crippen LogP contribution < -0.4 is 9.64 Å². The van der Waals surface area contributed by atoms with Gasteiger partial charge in [-0.1, -0.05) is 17.7 Å². The van der Waals surface area contributed by atoms with Gasteiger partial charge in [-0.25, -0.2) is 9.97 Å². The third kappa shape index (κ3) is 2.79. The first-order chi connectivity index (χ1) is 9.02. The van der Waals surface area contributed by atoms with E-state index in [1.54, 1.807) is 7.11 Å². The minimum absolute atomic E-state index is 0.397. The molecule has 0 amide bonds. The summed E-state index contributed by atoms with van der Waals surface area (Å²) in [6, 6.07) is 7.71. The molecule has 0 aliphatic heterocycles. The van der Waals surface area contributed by atoms with E-state index >= 15 is 0 Å². The Labute approximate surface area is 118 Å². The molecule has 0 unspecified atom stereocenters. The van der Waals surface area contributed by atoms with Crippen molar-refractivity contribution < 1.29 is 4.74 Å². The molecule has 0 radical (unpaired) electrons. The van der Waals surface area contributed by atoms with E-state index in [4.69, 9.17) is 16.3 Å². The van der Waals surface area contributed by atoms with Crippen LogP contribution in [-0.4, -0.2) is 24.1 Å². The first-order valence-corrected chi connectivity index (χ1v) is 6.29. The number of nitrogens with zero attached hydrogens (tertiary/aromatic N) is 3. The van der Waals surface area contributed by atoms with Gasteiger partial charge in [0.1, 0.15) is 5.75 Å². The molecule has 4 nitrogen and oxygen atoms in total. The van der Waals surface area contributed by atoms with Gasteiger partial charge in [0.15, 0.2) is 11.0 Å². The van der Waals surface area contributed by atoms with Crippen LogP contribution in [0.3, 0.4) is 0 Å². The summed E-state index contributed by atoms with van der Waals surface area (Å²) in [7, 11) is 3.54. The Morgan fingerprint density at radius 2 is 1.84 bits per heavy atom. The monoisotopic (exact) mass is 277 g/mol. The first-order valence-electron chi connectivity index (χ1n) is 5.91. The molecule has 0 spiro atoms. The zero-order valence-corrected chi connectivity index (χ0v) is 12.2. The highest BCUT2D eigenvalue weighted by molar-refractivity contribution is 6.31. The van der Waals surface area contributed by atoms with Crippen molar-refractivity contribution >= 4 is 23.1 Å². The van der Waals surface area contributed by atoms with E-state index in [1.807, 2.05) is 50.1 Å². The third-order valence-electron chi connectivity index (χ3n) is 3.01. The molecule has 1 heterocycles. The summed E-state index contributed by atoms with van der Waals surface area (Å²) >= 11 is 6.17. The van der Waals surface area contributed by atoms with Gasteiger partial charge in [0.25, 0.3) is 0 Å². The molecule has 2 aromatic rings. The van der Waals surface area contributed by atoms with Gasteiger partial charge in [0.05, 0.1) is 18.5 Å². The van der Waals surface area contributed by atoms with Gasteiger partial charge < -0.3 is 9.64 Å². The summed E-state index contributed by atoms with van der Waals surface area (Å²) in [4.78, 5) is 10.7. The first kappa shape index (κ1) is 13.6. The van der Waals surface area contributed by atoms with E-state index in [0.717, 1.165) is 22.8 Å². The second kappa shape index (κ2) is 5.45. The van der Waals surface area contributed by atoms with E-state index in [-0.39, 0.29) is 0 Å². The SMILES string of the molecule is COc1cccc(N(C)c2nc(C)c(C)nc2Cl)c1. The van der Waals surface area contributed by atoms with Crippen molar-refractivity contribution in [3.63, 3.8) is 0 Å². The minimum atomic E-state index is 0.397. The van der Waals surface area contributed by atoms with Crippen molar-refractivity contribution in [2.45, 2.75) is 13.8 Å². The highest BCUT2D eigenvalue weighted by atomic mass is 35.5. The van der Waals surface area contributed by atoms with E-state index in [1.165, 1.54) is 0 Å². The molecule has 0 fully saturated rings. The zero-order chi connectivity index (χ0) is 14.0. The molecule has 0 saturated carbocycles. The summed E-state index contributed by atoms with van der Waals surface area (Å²) in [6.45, 7) is 3.81. The van der Waals surface area contributed by atoms with Crippen molar-refractivity contribution in [2.75, 3.05) is 19.1 Å². The van der Waals surface area contributed by atoms with E-state index in [9.17, 15) is 0 Å². The molecule has 0 aliphatic rings. The van der Waals surface area contributed by atoms with Crippen molar-refractivity contribution in [1.29, 1.82) is 0 Å². The van der Waals surface area contributed by atoms with E-state index in [0.29, 0.717) is 11.0 Å². The lowest BCUT2D eigenvalue weighted by atomic mass is 10.2. The van der Waals surface area contributed by atoms with Gasteiger partial charge in [-0.15, -0.1) is 0 Å². The van der Waals surface area contributed by atoms with Gasteiger partial charge >= 0.3 is 0 Å². The van der Waals surface area contributed by atoms with Gasteiger partial charge in [0, 0.05) is 18.8 Å². The van der Waals surface area contributed by atoms with Crippen LogP contribution in [0.2, 0.25) is 5.15 Å². The van der Waals surface area contributed by atoms with Crippen LogP contribution >= 0.6 is 11.6 Å². The number of ether oxygens (including phenoxy) is 1. The standard InChI is InChI=1S/C14H16ClN3O/c1-9-10(2)17-14(13(15)16-9)18(3)11-6-5-7-12(8-11)19-4/h5-8H,1-4H3. The summed E-state index contributed by atoms with van der Waals surface area (Å²) in [5.41, 5.74) is 2.65. The lowest BCUT2D eigenvalue weighted by Crippen LogP contribution is -2.13. The van der Waals surface area contributed by atoms with Crippen LogP contribution in [0.25, 0.3) is 0 Å². The Morgan fingerprint density at radius 3 is 2.53 bits per heavy atom. The number of hydrogen-bond donors (Lipinski definition) is 0. The number of benzene rings is 1. The minimum Gasteiger partial charge on any atom is -0.497 e. The van der Waals surface area contributed by atoms with E-state index < -0.39 is 0 Å². The molecule has 1 aromatic carbocycles. The summed E-state index contributed by atoms with van der Waals surface area (Å²) in [5.74, 6) is 1.43. The number of aryl methyl sites for hydroxylation is 2. The molecular formula is C14H16ClN3O. The number of aromatic nitrogens is 2. The fourth-order valence-electron chi connectivity index (χ4n) is 1.72. The third-order valence-corrected chi connectivity index (χ3v) is 3.26. The number of anilines is 2. The number of rotatable bonds is 3. The number of methoxy groups -OCH3 is 1. The summed E-state index contributed by atoms with van der Waals surface area (Å²) in [6.07, 6.45) is 0. The summed E-state index contributed by atoms with van der Waals surface area (Å²) in [5, 5.41) is 0.397. The van der Waals surface area contributed by atoms with Crippen molar-refractivity contribution in [1.82, 2.24) is 9.97 Å². The van der Waals surface area contributed by atoms with Crippen molar-refractivity contribution in [3.05, 3.63) is 40.8 Å². The van der Waals surface area contributed by atoms with Crippen LogP contribution in [0.5, 0.6) is 5.75 Å². The number of hydrogen-bond acceptors (Lipinski definition) is 4. The Bertz CT molecular complexity index is 601. The normalized spacial score (nSPS) is 10.4. The topological polar surface area (TPSA) is 38.2 Å². The molecule has 0 aliphatic carbocycles. The van der Waals surface area contributed by atoms with Gasteiger partial charge in [-0.05, 0) is 26.0 Å². The maximum atomic E-state index is 6.17. The molecule has 19 heavy (non-hydrogen) atoms. The average molecular weight is 278 g/mol. The molecule has 5 heteroatoms. The lowest BCUT2D eigenvalue weighted by Gasteiger charge is -2.20. The largest absolute Gasteiger partial charge is 0.497 e. The van der Waals surface area contributed by atoms with Crippen LogP contribution in [0.4, 0.5) is 11.5 Å². The molecule has 0 saturated heterocycles. The molecular weight excluding hydrogens is 262 g/mol. The highest BCUT2D eigenvalue weighted by Crippen LogP contribution is 2.29. The predicted molar refractivity (Wildman–Crippen MR) is 77.6 cm³/mol. The number of halogens is 1. The maximum Gasteiger partial charge on any atom is 0.172 e. The average Bonchev–Trinajstić information content (AvgIpc) is 2.42. The molecule has 0 N–H and O–H groups in total. The zero-order valence-electron chi connectivity index (χ0n) is 11.4. The molecule has 0 bridgehead atoms. The Hall–Kier alpha value is -1.81. The van der Waals surface area contributed by atoms with E-state index in [2.05, 4.69) is 9.97 Å². The summed E-state index contributed by atoms with van der Waals surface area (Å²) < 4.78 is 5.22. The lowest BCUT2D eigenvalue weighted by molar-refractivity contribution is 0.415. The highest BCUT2D eigenvalue weighted by Gasteiger charge is 2.13. The Balaban J connectivity index is 2.43. The molecule has 0 atom stereocenters. The van der Waals surface area contributed by atoms with Crippen LogP contribution in [0.15, 0.2) is 24.3 Å². The smallest absolute Gasteiger partial charge is 0.172 e.